The van der Waals surface area contributed by atoms with Crippen LogP contribution in [0, 0.1) is 0 Å². The minimum absolute atomic E-state index is 1.20. The van der Waals surface area contributed by atoms with Gasteiger partial charge < -0.3 is 0 Å². The summed E-state index contributed by atoms with van der Waals surface area (Å²) >= 11 is 1.24. The van der Waals surface area contributed by atoms with Crippen molar-refractivity contribution in [3.63, 3.8) is 0 Å². The highest BCUT2D eigenvalue weighted by Gasteiger charge is 1.89. The van der Waals surface area contributed by atoms with Crippen LogP contribution in [0.15, 0.2) is 17.1 Å². The number of allylic oxidation sites excluding steroid dienone is 2. The summed E-state index contributed by atoms with van der Waals surface area (Å²) in [6.07, 6.45) is 4.59. The van der Waals surface area contributed by atoms with Gasteiger partial charge in [0.05, 0.1) is 0 Å². The van der Waals surface area contributed by atoms with Crippen LogP contribution in [0.3, 0.4) is 0 Å². The van der Waals surface area contributed by atoms with Crippen molar-refractivity contribution < 1.29 is 0 Å². The van der Waals surface area contributed by atoms with Crippen molar-refractivity contribution in [1.82, 2.24) is 0 Å². The molecule has 0 nitrogen and oxygen atoms in total. The van der Waals surface area contributed by atoms with Gasteiger partial charge in [0.25, 0.3) is 0 Å². The lowest BCUT2D eigenvalue weighted by atomic mass is 10.2. The summed E-state index contributed by atoms with van der Waals surface area (Å²) in [7, 11) is 0. The van der Waals surface area contributed by atoms with Gasteiger partial charge >= 0.3 is 0 Å². The third kappa shape index (κ3) is 1.36. The summed E-state index contributed by atoms with van der Waals surface area (Å²) in [5.41, 5.74) is 1.38. The summed E-state index contributed by atoms with van der Waals surface area (Å²) in [4.78, 5) is 0. The van der Waals surface area contributed by atoms with Crippen molar-refractivity contribution >= 4 is 16.4 Å². The molecular formula is C7H10S. The molecule has 0 aromatic heterocycles. The van der Waals surface area contributed by atoms with Gasteiger partial charge in [0.1, 0.15) is 0 Å². The van der Waals surface area contributed by atoms with Crippen molar-refractivity contribution in [3.8, 4) is 0 Å². The summed E-state index contributed by atoms with van der Waals surface area (Å²) in [6.45, 7) is 2.19. The zero-order chi connectivity index (χ0) is 5.82. The average Bonchev–Trinajstić information content (AvgIpc) is 2.19. The topological polar surface area (TPSA) is 0 Å². The molecule has 0 spiro atoms. The van der Waals surface area contributed by atoms with Gasteiger partial charge in [0.2, 0.25) is 0 Å². The number of rotatable bonds is 2. The van der Waals surface area contributed by atoms with Crippen LogP contribution < -0.4 is 0 Å². The van der Waals surface area contributed by atoms with Crippen LogP contribution in [-0.4, -0.2) is 5.02 Å². The minimum Gasteiger partial charge on any atom is -0.133 e. The first kappa shape index (κ1) is 5.87. The quantitative estimate of drug-likeness (QED) is 0.425. The van der Waals surface area contributed by atoms with Gasteiger partial charge in [-0.1, -0.05) is 18.4 Å². The second kappa shape index (κ2) is 2.91. The Hall–Kier alpha value is -0.260. The van der Waals surface area contributed by atoms with E-state index in [9.17, 15) is 0 Å². The molecule has 0 saturated carbocycles. The number of hydrogen-bond donors (Lipinski definition) is 1. The Morgan fingerprint density at radius 1 is 1.75 bits per heavy atom. The fraction of sp³-hybridized carbons (Fsp3) is 0.429. The van der Waals surface area contributed by atoms with Crippen LogP contribution in [0.4, 0.5) is 0 Å². The molecule has 1 rings (SSSR count). The van der Waals surface area contributed by atoms with Gasteiger partial charge in [-0.25, -0.2) is 0 Å². The lowest BCUT2D eigenvalue weighted by Gasteiger charge is -1.87. The molecule has 0 fully saturated rings. The van der Waals surface area contributed by atoms with E-state index < -0.39 is 0 Å². The van der Waals surface area contributed by atoms with E-state index in [0.717, 1.165) is 0 Å². The normalized spacial score (nSPS) is 15.9. The van der Waals surface area contributed by atoms with E-state index in [-0.39, 0.29) is 0 Å². The first-order valence-electron chi connectivity index (χ1n) is 2.91. The molecule has 44 valence electrons. The van der Waals surface area contributed by atoms with Crippen molar-refractivity contribution in [3.05, 3.63) is 17.1 Å². The molecule has 0 amide bonds. The third-order valence-corrected chi connectivity index (χ3v) is 1.79. The van der Waals surface area contributed by atoms with Crippen LogP contribution in [0.1, 0.15) is 19.8 Å². The van der Waals surface area contributed by atoms with Crippen molar-refractivity contribution in [1.29, 1.82) is 0 Å². The van der Waals surface area contributed by atoms with Crippen molar-refractivity contribution in [2.45, 2.75) is 19.8 Å². The molecule has 0 aliphatic carbocycles. The molecule has 0 atom stereocenters. The highest BCUT2D eigenvalue weighted by atomic mass is 32.1. The van der Waals surface area contributed by atoms with Gasteiger partial charge in [-0.2, -0.15) is 0 Å². The Morgan fingerprint density at radius 3 is 3.12 bits per heavy atom. The zero-order valence-corrected chi connectivity index (χ0v) is 5.91. The molecule has 0 bridgehead atoms. The lowest BCUT2D eigenvalue weighted by Crippen LogP contribution is -1.72. The van der Waals surface area contributed by atoms with Crippen molar-refractivity contribution in [2.24, 2.45) is 0 Å². The molecule has 1 heteroatoms. The van der Waals surface area contributed by atoms with E-state index in [1.54, 1.807) is 0 Å². The highest BCUT2D eigenvalue weighted by molar-refractivity contribution is 8.00. The number of thiol groups is 1. The van der Waals surface area contributed by atoms with Gasteiger partial charge in [-0.05, 0) is 17.9 Å². The molecule has 8 heavy (non-hydrogen) atoms. The average molecular weight is 126 g/mol. The Kier molecular flexibility index (Phi) is 2.13. The van der Waals surface area contributed by atoms with Gasteiger partial charge in [0, 0.05) is 5.57 Å². The second-order valence-corrected chi connectivity index (χ2v) is 2.61. The maximum Gasteiger partial charge on any atom is 0.000644 e. The molecule has 1 aliphatic heterocycles. The van der Waals surface area contributed by atoms with E-state index in [2.05, 4.69) is 23.4 Å². The van der Waals surface area contributed by atoms with Crippen LogP contribution in [-0.2, 0) is 0 Å². The first-order chi connectivity index (χ1) is 3.93. The first-order valence-corrected chi connectivity index (χ1v) is 3.88. The summed E-state index contributed by atoms with van der Waals surface area (Å²) in [5.74, 6) is 0. The van der Waals surface area contributed by atoms with E-state index in [1.165, 1.54) is 29.8 Å². The molecular weight excluding hydrogens is 116 g/mol. The van der Waals surface area contributed by atoms with Gasteiger partial charge in [-0.3, -0.25) is 0 Å². The summed E-state index contributed by atoms with van der Waals surface area (Å²) in [5, 5.41) is 5.37. The second-order valence-electron chi connectivity index (χ2n) is 1.83. The molecule has 0 N–H and O–H groups in total. The SMILES string of the molecule is CCCC1=C=[SH]C=C1. The zero-order valence-electron chi connectivity index (χ0n) is 5.02. The molecule has 0 saturated heterocycles. The Balaban J connectivity index is 2.48. The fourth-order valence-electron chi connectivity index (χ4n) is 0.693. The Bertz CT molecular complexity index is 159. The smallest absolute Gasteiger partial charge is 0.000644 e. The van der Waals surface area contributed by atoms with E-state index in [4.69, 9.17) is 0 Å². The van der Waals surface area contributed by atoms with E-state index >= 15 is 0 Å². The minimum atomic E-state index is 1.20. The predicted molar refractivity (Wildman–Crippen MR) is 41.6 cm³/mol. The predicted octanol–water partition coefficient (Wildman–Crippen LogP) is 2.11. The van der Waals surface area contributed by atoms with Crippen LogP contribution in [0.25, 0.3) is 0 Å². The Morgan fingerprint density at radius 2 is 2.62 bits per heavy atom. The van der Waals surface area contributed by atoms with Crippen molar-refractivity contribution in [2.75, 3.05) is 0 Å². The van der Waals surface area contributed by atoms with E-state index in [0.29, 0.717) is 0 Å². The van der Waals surface area contributed by atoms with Gasteiger partial charge in [0.15, 0.2) is 0 Å². The number of hydrogen-bond acceptors (Lipinski definition) is 0. The van der Waals surface area contributed by atoms with Crippen LogP contribution in [0.5, 0.6) is 0 Å². The monoisotopic (exact) mass is 126 g/mol. The maximum atomic E-state index is 3.24. The summed E-state index contributed by atoms with van der Waals surface area (Å²) in [6, 6.07) is 0. The highest BCUT2D eigenvalue weighted by Crippen LogP contribution is 2.08. The standard InChI is InChI=1S/C7H10S/c1-2-3-7-4-5-8-6-7/h4-5,8H,2-3H2,1H3. The molecule has 0 aromatic rings. The third-order valence-electron chi connectivity index (χ3n) is 1.08. The van der Waals surface area contributed by atoms with Gasteiger partial charge in [-0.15, -0.1) is 11.4 Å². The Labute approximate surface area is 53.9 Å². The largest absolute Gasteiger partial charge is 0.133 e. The lowest BCUT2D eigenvalue weighted by molar-refractivity contribution is 0.936. The fourth-order valence-corrected chi connectivity index (χ4v) is 1.37. The van der Waals surface area contributed by atoms with Crippen LogP contribution in [0.2, 0.25) is 0 Å². The molecule has 1 heterocycles. The van der Waals surface area contributed by atoms with E-state index in [1.807, 2.05) is 0 Å². The maximum absolute atomic E-state index is 3.24. The molecule has 0 aromatic carbocycles. The molecule has 1 aliphatic rings. The molecule has 0 unspecified atom stereocenters. The molecule has 0 radical (unpaired) electrons. The summed E-state index contributed by atoms with van der Waals surface area (Å²) < 4.78 is 0. The van der Waals surface area contributed by atoms with Crippen LogP contribution >= 0.6 is 11.4 Å².